The Hall–Kier alpha value is -0.190. The molecule has 34 valence electrons. The Balaban J connectivity index is 2.38. The number of hydroxylamine groups is 1. The third kappa shape index (κ3) is 0.649. The predicted molar refractivity (Wildman–Crippen MR) is 22.1 cm³/mol. The molecule has 0 bridgehead atoms. The van der Waals surface area contributed by atoms with Crippen LogP contribution in [0.25, 0.3) is 0 Å². The average Bonchev–Trinajstić information content (AvgIpc) is 1.86. The molecule has 0 fully saturated rings. The van der Waals surface area contributed by atoms with E-state index in [0.29, 0.717) is 0 Å². The third-order valence-corrected chi connectivity index (χ3v) is 0.898. The van der Waals surface area contributed by atoms with Gasteiger partial charge in [0.05, 0.1) is 0 Å². The van der Waals surface area contributed by atoms with E-state index in [1.165, 1.54) is 12.5 Å². The van der Waals surface area contributed by atoms with Crippen molar-refractivity contribution in [3.63, 3.8) is 0 Å². The lowest BCUT2D eigenvalue weighted by Crippen LogP contribution is -2.93. The van der Waals surface area contributed by atoms with E-state index in [2.05, 4.69) is 4.18 Å². The Morgan fingerprint density at radius 1 is 1.83 bits per heavy atom. The molecule has 1 aliphatic heterocycles. The van der Waals surface area contributed by atoms with Crippen LogP contribution in [0.2, 0.25) is 0 Å². The van der Waals surface area contributed by atoms with E-state index >= 15 is 0 Å². The van der Waals surface area contributed by atoms with Crippen molar-refractivity contribution in [2.75, 3.05) is 0 Å². The number of nitrogens with one attached hydrogen (secondary N) is 1. The molecule has 0 aromatic carbocycles. The zero-order valence-electron chi connectivity index (χ0n) is 2.88. The molecule has 0 saturated heterocycles. The van der Waals surface area contributed by atoms with Crippen molar-refractivity contribution in [2.45, 2.75) is 0 Å². The zero-order chi connectivity index (χ0) is 4.41. The first-order chi connectivity index (χ1) is 2.89. The van der Waals surface area contributed by atoms with Crippen LogP contribution in [-0.4, -0.2) is 0 Å². The lowest BCUT2D eigenvalue weighted by molar-refractivity contribution is -0.625. The molecular formula is C2H3NO2S. The standard InChI is InChI=1S/C2H3NO2S/c4-3-1-2-5-6-3/h1-3H. The SMILES string of the molecule is [O-][NH+]1C=COS1. The van der Waals surface area contributed by atoms with Gasteiger partial charge in [-0.3, -0.25) is 0 Å². The van der Waals surface area contributed by atoms with Gasteiger partial charge in [-0.25, -0.2) is 4.47 Å². The van der Waals surface area contributed by atoms with Crippen molar-refractivity contribution in [1.29, 1.82) is 0 Å². The van der Waals surface area contributed by atoms with E-state index in [9.17, 15) is 5.21 Å². The van der Waals surface area contributed by atoms with Crippen LogP contribution in [0.3, 0.4) is 0 Å². The van der Waals surface area contributed by atoms with Crippen LogP contribution in [0, 0.1) is 5.21 Å². The molecule has 0 amide bonds. The number of quaternary nitrogens is 1. The summed E-state index contributed by atoms with van der Waals surface area (Å²) < 4.78 is 4.41. The van der Waals surface area contributed by atoms with Gasteiger partial charge in [0.1, 0.15) is 6.20 Å². The minimum Gasteiger partial charge on any atom is -0.614 e. The highest BCUT2D eigenvalue weighted by molar-refractivity contribution is 7.88. The van der Waals surface area contributed by atoms with Gasteiger partial charge in [0, 0.05) is 0 Å². The van der Waals surface area contributed by atoms with Crippen LogP contribution >= 0.6 is 12.2 Å². The van der Waals surface area contributed by atoms with Crippen LogP contribution in [-0.2, 0) is 4.18 Å². The number of hydrogen-bond acceptors (Lipinski definition) is 3. The molecule has 0 spiro atoms. The third-order valence-electron chi connectivity index (χ3n) is 0.390. The molecule has 1 unspecified atom stereocenters. The zero-order valence-corrected chi connectivity index (χ0v) is 3.70. The minimum atomic E-state index is -0.0324. The average molecular weight is 105 g/mol. The van der Waals surface area contributed by atoms with Gasteiger partial charge in [0.25, 0.3) is 0 Å². The molecule has 1 atom stereocenters. The van der Waals surface area contributed by atoms with Gasteiger partial charge in [0.15, 0.2) is 6.26 Å². The van der Waals surface area contributed by atoms with E-state index in [1.807, 2.05) is 0 Å². The lowest BCUT2D eigenvalue weighted by atomic mass is 11.0. The second-order valence-electron chi connectivity index (χ2n) is 0.801. The van der Waals surface area contributed by atoms with Crippen LogP contribution in [0.1, 0.15) is 0 Å². The van der Waals surface area contributed by atoms with E-state index < -0.39 is 0 Å². The Kier molecular flexibility index (Phi) is 0.999. The van der Waals surface area contributed by atoms with E-state index in [0.717, 1.165) is 12.2 Å². The van der Waals surface area contributed by atoms with Gasteiger partial charge in [-0.1, -0.05) is 0 Å². The Morgan fingerprint density at radius 3 is 2.83 bits per heavy atom. The van der Waals surface area contributed by atoms with Crippen molar-refractivity contribution in [2.24, 2.45) is 0 Å². The monoisotopic (exact) mass is 105 g/mol. The summed E-state index contributed by atoms with van der Waals surface area (Å²) in [7, 11) is 0. The second-order valence-corrected chi connectivity index (χ2v) is 1.56. The molecule has 1 N–H and O–H groups in total. The van der Waals surface area contributed by atoms with Crippen molar-refractivity contribution in [1.82, 2.24) is 0 Å². The first-order valence-corrected chi connectivity index (χ1v) is 2.17. The van der Waals surface area contributed by atoms with Crippen LogP contribution < -0.4 is 4.47 Å². The quantitative estimate of drug-likeness (QED) is 0.255. The summed E-state index contributed by atoms with van der Waals surface area (Å²) >= 11 is 0.847. The van der Waals surface area contributed by atoms with Gasteiger partial charge >= 0.3 is 12.2 Å². The molecule has 6 heavy (non-hydrogen) atoms. The van der Waals surface area contributed by atoms with Gasteiger partial charge < -0.3 is 9.39 Å². The summed E-state index contributed by atoms with van der Waals surface area (Å²) in [6.07, 6.45) is 2.75. The Morgan fingerprint density at radius 2 is 2.67 bits per heavy atom. The summed E-state index contributed by atoms with van der Waals surface area (Å²) in [5.41, 5.74) is 0. The van der Waals surface area contributed by atoms with E-state index in [4.69, 9.17) is 0 Å². The summed E-state index contributed by atoms with van der Waals surface area (Å²) in [4.78, 5) is 0. The smallest absolute Gasteiger partial charge is 0.316 e. The van der Waals surface area contributed by atoms with Gasteiger partial charge in [-0.15, -0.1) is 0 Å². The largest absolute Gasteiger partial charge is 0.614 e. The van der Waals surface area contributed by atoms with E-state index in [1.54, 1.807) is 0 Å². The maximum Gasteiger partial charge on any atom is 0.316 e. The molecule has 3 nitrogen and oxygen atoms in total. The normalized spacial score (nSPS) is 30.5. The second kappa shape index (κ2) is 1.51. The van der Waals surface area contributed by atoms with Crippen molar-refractivity contribution in [3.8, 4) is 0 Å². The summed E-state index contributed by atoms with van der Waals surface area (Å²) in [6, 6.07) is 0. The molecule has 4 heteroatoms. The van der Waals surface area contributed by atoms with Gasteiger partial charge in [-0.2, -0.15) is 0 Å². The Bertz CT molecular complexity index is 73.9. The van der Waals surface area contributed by atoms with Crippen LogP contribution in [0.5, 0.6) is 0 Å². The Labute approximate surface area is 39.5 Å². The first-order valence-electron chi connectivity index (χ1n) is 1.43. The maximum atomic E-state index is 9.99. The molecular weight excluding hydrogens is 102 g/mol. The van der Waals surface area contributed by atoms with Gasteiger partial charge in [-0.05, 0) is 0 Å². The molecule has 0 aromatic heterocycles. The molecule has 1 aliphatic rings. The predicted octanol–water partition coefficient (Wildman–Crippen LogP) is -0.566. The van der Waals surface area contributed by atoms with Crippen molar-refractivity contribution in [3.05, 3.63) is 17.7 Å². The van der Waals surface area contributed by atoms with Crippen molar-refractivity contribution >= 4 is 12.2 Å². The van der Waals surface area contributed by atoms with Crippen molar-refractivity contribution < 1.29 is 8.65 Å². The maximum absolute atomic E-state index is 9.99. The van der Waals surface area contributed by atoms with Crippen LogP contribution in [0.15, 0.2) is 12.5 Å². The van der Waals surface area contributed by atoms with E-state index in [-0.39, 0.29) is 4.47 Å². The first kappa shape index (κ1) is 3.98. The highest BCUT2D eigenvalue weighted by Gasteiger charge is 2.00. The summed E-state index contributed by atoms with van der Waals surface area (Å²) in [5, 5.41) is 9.99. The summed E-state index contributed by atoms with van der Waals surface area (Å²) in [5.74, 6) is 0. The molecule has 0 saturated carbocycles. The number of hydrogen-bond donors (Lipinski definition) is 1. The topological polar surface area (TPSA) is 36.7 Å². The summed E-state index contributed by atoms with van der Waals surface area (Å²) in [6.45, 7) is 0. The van der Waals surface area contributed by atoms with Gasteiger partial charge in [0.2, 0.25) is 0 Å². The fraction of sp³-hybridized carbons (Fsp3) is 0. The number of rotatable bonds is 0. The highest BCUT2D eigenvalue weighted by atomic mass is 32.2. The lowest BCUT2D eigenvalue weighted by Gasteiger charge is -2.01. The molecule has 0 aliphatic carbocycles. The van der Waals surface area contributed by atoms with Crippen LogP contribution in [0.4, 0.5) is 0 Å². The fourth-order valence-corrected chi connectivity index (χ4v) is 0.503. The molecule has 1 rings (SSSR count). The molecule has 0 radical (unpaired) electrons. The minimum absolute atomic E-state index is 0.0324. The molecule has 0 aromatic rings. The molecule has 1 heterocycles. The fourth-order valence-electron chi connectivity index (χ4n) is 0.186. The highest BCUT2D eigenvalue weighted by Crippen LogP contribution is 1.94.